The first-order chi connectivity index (χ1) is 15.1. The Hall–Kier alpha value is -3.12. The third-order valence-electron chi connectivity index (χ3n) is 5.68. The van der Waals surface area contributed by atoms with E-state index in [9.17, 15) is 14.7 Å². The van der Waals surface area contributed by atoms with Crippen molar-refractivity contribution in [1.82, 2.24) is 9.80 Å². The van der Waals surface area contributed by atoms with Gasteiger partial charge in [-0.2, -0.15) is 0 Å². The molecule has 1 heterocycles. The summed E-state index contributed by atoms with van der Waals surface area (Å²) in [6, 6.07) is 12.2. The average molecular weight is 437 g/mol. The van der Waals surface area contributed by atoms with Crippen molar-refractivity contribution >= 4 is 17.4 Å². The van der Waals surface area contributed by atoms with Crippen LogP contribution in [-0.2, 0) is 9.59 Å². The Morgan fingerprint density at radius 2 is 1.78 bits per heavy atom. The number of hydrogen-bond donors (Lipinski definition) is 1. The van der Waals surface area contributed by atoms with Crippen molar-refractivity contribution in [3.8, 4) is 5.75 Å². The molecule has 3 rings (SSSR count). The number of likely N-dealkylation sites (tertiary alicyclic amines) is 1. The third kappa shape index (κ3) is 4.70. The van der Waals surface area contributed by atoms with E-state index < -0.39 is 17.7 Å². The smallest absolute Gasteiger partial charge is 0.295 e. The van der Waals surface area contributed by atoms with Crippen molar-refractivity contribution in [3.63, 3.8) is 0 Å². The van der Waals surface area contributed by atoms with Gasteiger partial charge >= 0.3 is 0 Å². The van der Waals surface area contributed by atoms with Crippen LogP contribution >= 0.6 is 0 Å². The minimum Gasteiger partial charge on any atom is -0.507 e. The van der Waals surface area contributed by atoms with Gasteiger partial charge in [0.1, 0.15) is 11.5 Å². The number of para-hydroxylation sites is 1. The molecule has 0 saturated carbocycles. The van der Waals surface area contributed by atoms with Crippen LogP contribution in [0.2, 0.25) is 0 Å². The summed E-state index contributed by atoms with van der Waals surface area (Å²) in [6.45, 7) is 8.72. The quantitative estimate of drug-likeness (QED) is 0.402. The van der Waals surface area contributed by atoms with Gasteiger partial charge in [0, 0.05) is 24.2 Å². The molecule has 32 heavy (non-hydrogen) atoms. The lowest BCUT2D eigenvalue weighted by molar-refractivity contribution is -0.140. The van der Waals surface area contributed by atoms with Crippen LogP contribution in [0.4, 0.5) is 0 Å². The van der Waals surface area contributed by atoms with E-state index in [1.54, 1.807) is 6.07 Å². The second-order valence-electron chi connectivity index (χ2n) is 8.80. The number of rotatable bonds is 7. The number of carbonyl (C=O) groups excluding carboxylic acids is 2. The molecule has 1 unspecified atom stereocenters. The number of hydrogen-bond acceptors (Lipinski definition) is 5. The molecule has 0 aliphatic carbocycles. The topological polar surface area (TPSA) is 70.1 Å². The maximum atomic E-state index is 13.2. The lowest BCUT2D eigenvalue weighted by Gasteiger charge is -2.28. The summed E-state index contributed by atoms with van der Waals surface area (Å²) in [6.07, 6.45) is -0.0834. The van der Waals surface area contributed by atoms with Crippen LogP contribution in [0, 0.1) is 13.8 Å². The summed E-state index contributed by atoms with van der Waals surface area (Å²) in [5.41, 5.74) is 3.38. The highest BCUT2D eigenvalue weighted by Crippen LogP contribution is 2.42. The van der Waals surface area contributed by atoms with Gasteiger partial charge < -0.3 is 19.6 Å². The SMILES string of the molecule is Cc1ccc(/C(O)=C2/C(=O)C(=O)N(CCN(C)C)C2c2ccccc2OC(C)C)cc1C. The normalized spacial score (nSPS) is 18.1. The number of aliphatic hydroxyl groups is 1. The summed E-state index contributed by atoms with van der Waals surface area (Å²) in [7, 11) is 3.83. The zero-order valence-electron chi connectivity index (χ0n) is 19.7. The van der Waals surface area contributed by atoms with E-state index in [2.05, 4.69) is 0 Å². The Morgan fingerprint density at radius 3 is 2.41 bits per heavy atom. The number of likely N-dealkylation sites (N-methyl/N-ethyl adjacent to an activating group) is 1. The van der Waals surface area contributed by atoms with Crippen LogP contribution in [0.5, 0.6) is 5.75 Å². The molecule has 1 saturated heterocycles. The first-order valence-electron chi connectivity index (χ1n) is 10.9. The van der Waals surface area contributed by atoms with Crippen LogP contribution in [-0.4, -0.2) is 59.9 Å². The van der Waals surface area contributed by atoms with E-state index in [1.165, 1.54) is 4.90 Å². The monoisotopic (exact) mass is 436 g/mol. The number of aliphatic hydroxyl groups excluding tert-OH is 1. The molecule has 0 radical (unpaired) electrons. The molecule has 0 spiro atoms. The number of amides is 1. The molecule has 2 aromatic rings. The molecule has 1 aliphatic heterocycles. The largest absolute Gasteiger partial charge is 0.507 e. The van der Waals surface area contributed by atoms with Gasteiger partial charge in [-0.3, -0.25) is 9.59 Å². The minimum absolute atomic E-state index is 0.0834. The molecule has 6 heteroatoms. The molecule has 1 fully saturated rings. The van der Waals surface area contributed by atoms with Gasteiger partial charge in [0.15, 0.2) is 0 Å². The van der Waals surface area contributed by atoms with E-state index in [4.69, 9.17) is 4.74 Å². The Morgan fingerprint density at radius 1 is 1.09 bits per heavy atom. The predicted octanol–water partition coefficient (Wildman–Crippen LogP) is 4.07. The van der Waals surface area contributed by atoms with Crippen molar-refractivity contribution in [2.75, 3.05) is 27.2 Å². The predicted molar refractivity (Wildman–Crippen MR) is 126 cm³/mol. The highest BCUT2D eigenvalue weighted by Gasteiger charge is 2.46. The number of aryl methyl sites for hydroxylation is 2. The van der Waals surface area contributed by atoms with Gasteiger partial charge in [-0.25, -0.2) is 0 Å². The average Bonchev–Trinajstić information content (AvgIpc) is 2.98. The first kappa shape index (κ1) is 23.5. The zero-order valence-corrected chi connectivity index (χ0v) is 19.7. The lowest BCUT2D eigenvalue weighted by Crippen LogP contribution is -2.35. The maximum Gasteiger partial charge on any atom is 0.295 e. The van der Waals surface area contributed by atoms with Crippen LogP contribution in [0.15, 0.2) is 48.0 Å². The molecule has 1 atom stereocenters. The summed E-state index contributed by atoms with van der Waals surface area (Å²) < 4.78 is 6.01. The van der Waals surface area contributed by atoms with Gasteiger partial charge in [0.25, 0.3) is 11.7 Å². The van der Waals surface area contributed by atoms with Gasteiger partial charge in [-0.05, 0) is 65.0 Å². The maximum absolute atomic E-state index is 13.2. The van der Waals surface area contributed by atoms with E-state index in [0.717, 1.165) is 11.1 Å². The molecule has 0 bridgehead atoms. The van der Waals surface area contributed by atoms with Gasteiger partial charge in [0.2, 0.25) is 0 Å². The Balaban J connectivity index is 2.21. The van der Waals surface area contributed by atoms with Gasteiger partial charge in [-0.1, -0.05) is 30.3 Å². The van der Waals surface area contributed by atoms with E-state index in [0.29, 0.717) is 30.0 Å². The van der Waals surface area contributed by atoms with E-state index in [1.807, 2.05) is 83.1 Å². The molecule has 6 nitrogen and oxygen atoms in total. The number of ketones is 1. The minimum atomic E-state index is -0.730. The van der Waals surface area contributed by atoms with Crippen LogP contribution < -0.4 is 4.74 Å². The highest BCUT2D eigenvalue weighted by molar-refractivity contribution is 6.46. The summed E-state index contributed by atoms with van der Waals surface area (Å²) in [4.78, 5) is 29.7. The Labute approximate surface area is 190 Å². The fourth-order valence-electron chi connectivity index (χ4n) is 3.85. The molecule has 170 valence electrons. The molecule has 1 aliphatic rings. The Bertz CT molecular complexity index is 1060. The summed E-state index contributed by atoms with van der Waals surface area (Å²) in [5, 5.41) is 11.3. The molecule has 1 N–H and O–H groups in total. The zero-order chi connectivity index (χ0) is 23.6. The van der Waals surface area contributed by atoms with Crippen molar-refractivity contribution < 1.29 is 19.4 Å². The molecular formula is C26H32N2O4. The van der Waals surface area contributed by atoms with Crippen LogP contribution in [0.1, 0.15) is 42.1 Å². The van der Waals surface area contributed by atoms with Crippen LogP contribution in [0.25, 0.3) is 5.76 Å². The fourth-order valence-corrected chi connectivity index (χ4v) is 3.85. The Kier molecular flexibility index (Phi) is 7.04. The lowest BCUT2D eigenvalue weighted by atomic mass is 9.93. The second-order valence-corrected chi connectivity index (χ2v) is 8.80. The van der Waals surface area contributed by atoms with Crippen molar-refractivity contribution in [3.05, 3.63) is 70.3 Å². The highest BCUT2D eigenvalue weighted by atomic mass is 16.5. The number of ether oxygens (including phenoxy) is 1. The first-order valence-corrected chi connectivity index (χ1v) is 10.9. The fraction of sp³-hybridized carbons (Fsp3) is 0.385. The third-order valence-corrected chi connectivity index (χ3v) is 5.68. The van der Waals surface area contributed by atoms with Crippen molar-refractivity contribution in [2.24, 2.45) is 0 Å². The molecule has 0 aromatic heterocycles. The number of carbonyl (C=O) groups is 2. The second kappa shape index (κ2) is 9.57. The number of nitrogens with zero attached hydrogens (tertiary/aromatic N) is 2. The molecule has 2 aromatic carbocycles. The van der Waals surface area contributed by atoms with Gasteiger partial charge in [-0.15, -0.1) is 0 Å². The molecule has 1 amide bonds. The van der Waals surface area contributed by atoms with Gasteiger partial charge in [0.05, 0.1) is 17.7 Å². The van der Waals surface area contributed by atoms with Crippen molar-refractivity contribution in [2.45, 2.75) is 39.8 Å². The standard InChI is InChI=1S/C26H32N2O4/c1-16(2)32-21-10-8-7-9-20(21)23-22(24(29)19-12-11-17(3)18(4)15-19)25(30)26(31)28(23)14-13-27(5)6/h7-12,15-16,23,29H,13-14H2,1-6H3/b24-22-. The molecular weight excluding hydrogens is 404 g/mol. The number of Topliss-reactive ketones (excluding diaryl/α,β-unsaturated/α-hetero) is 1. The summed E-state index contributed by atoms with van der Waals surface area (Å²) in [5.74, 6) is -0.858. The van der Waals surface area contributed by atoms with Crippen LogP contribution in [0.3, 0.4) is 0 Å². The summed E-state index contributed by atoms with van der Waals surface area (Å²) >= 11 is 0. The van der Waals surface area contributed by atoms with E-state index >= 15 is 0 Å². The number of benzene rings is 2. The van der Waals surface area contributed by atoms with Crippen molar-refractivity contribution in [1.29, 1.82) is 0 Å². The van der Waals surface area contributed by atoms with E-state index in [-0.39, 0.29) is 17.4 Å².